The fraction of sp³-hybridized carbons (Fsp3) is 0.200. The summed E-state index contributed by atoms with van der Waals surface area (Å²) in [4.78, 5) is 21.8. The second kappa shape index (κ2) is 4.54. The summed E-state index contributed by atoms with van der Waals surface area (Å²) in [6, 6.07) is 3.22. The molecule has 1 rings (SSSR count). The van der Waals surface area contributed by atoms with Gasteiger partial charge in [-0.1, -0.05) is 0 Å². The molecule has 0 radical (unpaired) electrons. The molecule has 0 aliphatic rings. The molecule has 0 atom stereocenters. The van der Waals surface area contributed by atoms with Gasteiger partial charge in [0.1, 0.15) is 5.75 Å². The third-order valence-electron chi connectivity index (χ3n) is 1.84. The van der Waals surface area contributed by atoms with Crippen molar-refractivity contribution in [1.29, 1.82) is 0 Å². The summed E-state index contributed by atoms with van der Waals surface area (Å²) < 4.78 is 5.77. The van der Waals surface area contributed by atoms with Crippen LogP contribution in [0, 0.1) is 3.57 Å². The van der Waals surface area contributed by atoms with Crippen molar-refractivity contribution in [3.05, 3.63) is 26.8 Å². The number of halogens is 1. The van der Waals surface area contributed by atoms with Crippen LogP contribution >= 0.6 is 22.6 Å². The van der Waals surface area contributed by atoms with E-state index < -0.39 is 0 Å². The van der Waals surface area contributed by atoms with Gasteiger partial charge in [-0.2, -0.15) is 0 Å². The first-order chi connectivity index (χ1) is 6.61. The minimum absolute atomic E-state index is 0.0720. The van der Waals surface area contributed by atoms with E-state index in [9.17, 15) is 9.59 Å². The Labute approximate surface area is 95.6 Å². The van der Waals surface area contributed by atoms with Crippen molar-refractivity contribution in [2.45, 2.75) is 6.92 Å². The Balaban J connectivity index is 3.43. The lowest BCUT2D eigenvalue weighted by Gasteiger charge is -2.09. The second-order valence-corrected chi connectivity index (χ2v) is 3.80. The molecular weight excluding hydrogens is 295 g/mol. The van der Waals surface area contributed by atoms with Crippen LogP contribution in [0.2, 0.25) is 0 Å². The lowest BCUT2D eigenvalue weighted by Crippen LogP contribution is -2.01. The molecule has 0 saturated carbocycles. The zero-order chi connectivity index (χ0) is 10.7. The van der Waals surface area contributed by atoms with Gasteiger partial charge in [-0.05, 0) is 41.6 Å². The molecule has 1 aromatic carbocycles. The number of Topliss-reactive ketones (excluding diaryl/α,β-unsaturated/α-hetero) is 1. The molecule has 0 saturated heterocycles. The summed E-state index contributed by atoms with van der Waals surface area (Å²) in [5.41, 5.74) is 1.04. The minimum atomic E-state index is -0.0720. The van der Waals surface area contributed by atoms with Gasteiger partial charge >= 0.3 is 0 Å². The maximum atomic E-state index is 11.2. The molecule has 0 aliphatic carbocycles. The molecule has 4 heteroatoms. The van der Waals surface area contributed by atoms with Crippen molar-refractivity contribution in [3.63, 3.8) is 0 Å². The van der Waals surface area contributed by atoms with Crippen molar-refractivity contribution < 1.29 is 14.3 Å². The maximum absolute atomic E-state index is 11.2. The van der Waals surface area contributed by atoms with Crippen LogP contribution in [-0.4, -0.2) is 19.2 Å². The third kappa shape index (κ3) is 1.95. The Morgan fingerprint density at radius 1 is 1.50 bits per heavy atom. The van der Waals surface area contributed by atoms with E-state index in [0.29, 0.717) is 20.4 Å². The predicted molar refractivity (Wildman–Crippen MR) is 61.1 cm³/mol. The molecule has 1 aromatic rings. The summed E-state index contributed by atoms with van der Waals surface area (Å²) in [6.45, 7) is 1.47. The van der Waals surface area contributed by atoms with Crippen molar-refractivity contribution in [1.82, 2.24) is 0 Å². The average molecular weight is 304 g/mol. The molecule has 74 valence electrons. The maximum Gasteiger partial charge on any atom is 0.163 e. The number of carbonyl (C=O) groups excluding carboxylic acids is 2. The number of hydrogen-bond acceptors (Lipinski definition) is 3. The Bertz CT molecular complexity index is 385. The Kier molecular flexibility index (Phi) is 3.62. The number of carbonyl (C=O) groups is 2. The van der Waals surface area contributed by atoms with Crippen molar-refractivity contribution in [2.24, 2.45) is 0 Å². The van der Waals surface area contributed by atoms with E-state index in [1.54, 1.807) is 12.1 Å². The average Bonchev–Trinajstić information content (AvgIpc) is 2.17. The molecule has 14 heavy (non-hydrogen) atoms. The highest BCUT2D eigenvalue weighted by molar-refractivity contribution is 14.1. The van der Waals surface area contributed by atoms with Gasteiger partial charge in [-0.15, -0.1) is 0 Å². The van der Waals surface area contributed by atoms with E-state index in [2.05, 4.69) is 0 Å². The molecule has 0 unspecified atom stereocenters. The number of hydrogen-bond donors (Lipinski definition) is 0. The molecule has 0 heterocycles. The molecule has 0 amide bonds. The minimum Gasteiger partial charge on any atom is -0.495 e. The molecule has 0 fully saturated rings. The zero-order valence-corrected chi connectivity index (χ0v) is 9.99. The van der Waals surface area contributed by atoms with Crippen LogP contribution in [0.5, 0.6) is 5.75 Å². The molecule has 3 nitrogen and oxygen atoms in total. The molecule has 0 aromatic heterocycles. The van der Waals surface area contributed by atoms with Gasteiger partial charge in [0.15, 0.2) is 12.1 Å². The first kappa shape index (κ1) is 11.2. The SMILES string of the molecule is COc1c(C(C)=O)ccc(C=O)c1I. The van der Waals surface area contributed by atoms with Crippen LogP contribution in [0.15, 0.2) is 12.1 Å². The molecule has 0 aliphatic heterocycles. The summed E-state index contributed by atoms with van der Waals surface area (Å²) >= 11 is 1.99. The zero-order valence-electron chi connectivity index (χ0n) is 7.83. The number of rotatable bonds is 3. The van der Waals surface area contributed by atoms with Gasteiger partial charge in [0.25, 0.3) is 0 Å². The van der Waals surface area contributed by atoms with Crippen LogP contribution in [0.3, 0.4) is 0 Å². The summed E-state index contributed by atoms with van der Waals surface area (Å²) in [5.74, 6) is 0.403. The van der Waals surface area contributed by atoms with Crippen LogP contribution < -0.4 is 4.74 Å². The fourth-order valence-corrected chi connectivity index (χ4v) is 1.96. The van der Waals surface area contributed by atoms with Crippen molar-refractivity contribution >= 4 is 34.7 Å². The normalized spacial score (nSPS) is 9.64. The van der Waals surface area contributed by atoms with Crippen LogP contribution in [0.4, 0.5) is 0 Å². The van der Waals surface area contributed by atoms with Gasteiger partial charge in [-0.3, -0.25) is 9.59 Å². The van der Waals surface area contributed by atoms with E-state index in [4.69, 9.17) is 4.74 Å². The number of benzene rings is 1. The van der Waals surface area contributed by atoms with Gasteiger partial charge in [0.05, 0.1) is 16.2 Å². The summed E-state index contributed by atoms with van der Waals surface area (Å²) in [7, 11) is 1.48. The third-order valence-corrected chi connectivity index (χ3v) is 2.95. The van der Waals surface area contributed by atoms with Crippen molar-refractivity contribution in [3.8, 4) is 5.75 Å². The molecular formula is C10H9IO3. The number of aldehydes is 1. The lowest BCUT2D eigenvalue weighted by atomic mass is 10.1. The quantitative estimate of drug-likeness (QED) is 0.489. The van der Waals surface area contributed by atoms with Crippen LogP contribution in [-0.2, 0) is 0 Å². The topological polar surface area (TPSA) is 43.4 Å². The largest absolute Gasteiger partial charge is 0.495 e. The second-order valence-electron chi connectivity index (χ2n) is 2.72. The van der Waals surface area contributed by atoms with Gasteiger partial charge in [0, 0.05) is 5.56 Å². The molecule has 0 spiro atoms. The first-order valence-corrected chi connectivity index (χ1v) is 5.02. The molecule has 0 N–H and O–H groups in total. The van der Waals surface area contributed by atoms with E-state index in [0.717, 1.165) is 6.29 Å². The van der Waals surface area contributed by atoms with Gasteiger partial charge in [-0.25, -0.2) is 0 Å². The van der Waals surface area contributed by atoms with E-state index in [1.807, 2.05) is 22.6 Å². The van der Waals surface area contributed by atoms with E-state index in [1.165, 1.54) is 14.0 Å². The smallest absolute Gasteiger partial charge is 0.163 e. The van der Waals surface area contributed by atoms with E-state index in [-0.39, 0.29) is 5.78 Å². The highest BCUT2D eigenvalue weighted by atomic mass is 127. The highest BCUT2D eigenvalue weighted by Gasteiger charge is 2.14. The Morgan fingerprint density at radius 2 is 2.14 bits per heavy atom. The Morgan fingerprint density at radius 3 is 2.57 bits per heavy atom. The standard InChI is InChI=1S/C10H9IO3/c1-6(13)8-4-3-7(5-12)9(11)10(8)14-2/h3-5H,1-2H3. The monoisotopic (exact) mass is 304 g/mol. The summed E-state index contributed by atoms with van der Waals surface area (Å²) in [6.07, 6.45) is 0.744. The van der Waals surface area contributed by atoms with E-state index >= 15 is 0 Å². The lowest BCUT2D eigenvalue weighted by molar-refractivity contribution is 0.101. The highest BCUT2D eigenvalue weighted by Crippen LogP contribution is 2.28. The number of methoxy groups -OCH3 is 1. The first-order valence-electron chi connectivity index (χ1n) is 3.94. The number of ketones is 1. The Hall–Kier alpha value is -0.910. The van der Waals surface area contributed by atoms with Crippen LogP contribution in [0.25, 0.3) is 0 Å². The predicted octanol–water partition coefficient (Wildman–Crippen LogP) is 2.31. The number of ether oxygens (including phenoxy) is 1. The van der Waals surface area contributed by atoms with Crippen molar-refractivity contribution in [2.75, 3.05) is 7.11 Å². The van der Waals surface area contributed by atoms with Gasteiger partial charge < -0.3 is 4.74 Å². The molecule has 0 bridgehead atoms. The van der Waals surface area contributed by atoms with Crippen LogP contribution in [0.1, 0.15) is 27.6 Å². The van der Waals surface area contributed by atoms with Gasteiger partial charge in [0.2, 0.25) is 0 Å². The fourth-order valence-electron chi connectivity index (χ4n) is 1.14. The summed E-state index contributed by atoms with van der Waals surface area (Å²) in [5, 5.41) is 0.